The average molecular weight is 972 g/mol. The fourth-order valence-corrected chi connectivity index (χ4v) is 9.62. The van der Waals surface area contributed by atoms with Crippen molar-refractivity contribution in [3.8, 4) is 28.3 Å². The first-order chi connectivity index (χ1) is 29.0. The number of pyridine rings is 1. The first-order valence-corrected chi connectivity index (χ1v) is 21.2. The van der Waals surface area contributed by atoms with Gasteiger partial charge in [-0.1, -0.05) is 133 Å². The number of aromatic nitrogens is 3. The molecule has 1 aliphatic carbocycles. The standard InChI is InChI=1S/C31H24NO.C25H25N2.Ir/c1-30(2)23-10-7-15-32-29(23)21-12-14-25-27(28(21)31(30,3)4)26-22-17-19-9-6-5-8-18(19)16-20(22)11-13-24(26)33-25;1-17(2)20-13-10-14-21(18(3)4)24(20)27-23-16-9-8-15-22(23)26-25(27)19-11-6-5-7-12-19;/h5-11,13-17H,1-4H3;5-11,13-18H,1-4H3;/q2*-1;. The van der Waals surface area contributed by atoms with Crippen molar-refractivity contribution in [2.75, 3.05) is 0 Å². The van der Waals surface area contributed by atoms with Gasteiger partial charge in [-0.05, 0) is 97.4 Å². The Morgan fingerprint density at radius 2 is 1.34 bits per heavy atom. The predicted octanol–water partition coefficient (Wildman–Crippen LogP) is 15.1. The summed E-state index contributed by atoms with van der Waals surface area (Å²) < 4.78 is 8.78. The second kappa shape index (κ2) is 15.2. The minimum absolute atomic E-state index is 0. The van der Waals surface area contributed by atoms with E-state index in [4.69, 9.17) is 14.4 Å². The molecule has 0 saturated carbocycles. The SMILES string of the molecule is CC(C)c1cccc(C(C)C)c1-n1c(-c2[c-]cccc2)nc2ccccc21.CC1(C)c2cccnc2-c2[c-]cc3oc4ccc5cc6ccccc6cc5c4c3c2C1(C)C.[Ir]. The van der Waals surface area contributed by atoms with Crippen LogP contribution in [0.2, 0.25) is 0 Å². The van der Waals surface area contributed by atoms with Crippen molar-refractivity contribution in [3.05, 3.63) is 174 Å². The zero-order valence-corrected chi connectivity index (χ0v) is 38.4. The fourth-order valence-electron chi connectivity index (χ4n) is 9.62. The van der Waals surface area contributed by atoms with Gasteiger partial charge in [0.05, 0.1) is 22.4 Å². The van der Waals surface area contributed by atoms with Gasteiger partial charge in [0, 0.05) is 37.4 Å². The minimum atomic E-state index is -0.149. The molecule has 4 nitrogen and oxygen atoms in total. The molecular weight excluding hydrogens is 923 g/mol. The van der Waals surface area contributed by atoms with Gasteiger partial charge in [-0.15, -0.1) is 59.2 Å². The Labute approximate surface area is 372 Å². The summed E-state index contributed by atoms with van der Waals surface area (Å²) in [6.07, 6.45) is 1.89. The summed E-state index contributed by atoms with van der Waals surface area (Å²) in [7, 11) is 0. The summed E-state index contributed by atoms with van der Waals surface area (Å²) in [5, 5.41) is 7.37. The van der Waals surface area contributed by atoms with E-state index < -0.39 is 0 Å². The first kappa shape index (κ1) is 40.5. The monoisotopic (exact) mass is 972 g/mol. The van der Waals surface area contributed by atoms with Crippen LogP contribution in [0.25, 0.3) is 82.8 Å². The third-order valence-electron chi connectivity index (χ3n) is 13.4. The molecule has 11 rings (SSSR count). The normalized spacial score (nSPS) is 14.0. The third kappa shape index (κ3) is 6.36. The number of hydrogen-bond donors (Lipinski definition) is 0. The van der Waals surface area contributed by atoms with Crippen LogP contribution in [0.15, 0.2) is 144 Å². The number of rotatable bonds is 4. The van der Waals surface area contributed by atoms with E-state index in [2.05, 4.69) is 175 Å². The van der Waals surface area contributed by atoms with Crippen molar-refractivity contribution >= 4 is 54.5 Å². The molecule has 0 unspecified atom stereocenters. The molecule has 0 saturated heterocycles. The maximum absolute atomic E-state index is 6.44. The van der Waals surface area contributed by atoms with Crippen molar-refractivity contribution < 1.29 is 24.5 Å². The molecule has 0 bridgehead atoms. The predicted molar refractivity (Wildman–Crippen MR) is 250 cm³/mol. The van der Waals surface area contributed by atoms with Crippen molar-refractivity contribution in [3.63, 3.8) is 0 Å². The topological polar surface area (TPSA) is 43.9 Å². The molecule has 0 N–H and O–H groups in total. The van der Waals surface area contributed by atoms with Gasteiger partial charge in [0.1, 0.15) is 5.58 Å². The van der Waals surface area contributed by atoms with Gasteiger partial charge in [0.2, 0.25) is 0 Å². The first-order valence-electron chi connectivity index (χ1n) is 21.2. The number of benzene rings is 7. The van der Waals surface area contributed by atoms with Gasteiger partial charge in [-0.25, -0.2) is 0 Å². The Hall–Kier alpha value is -5.87. The van der Waals surface area contributed by atoms with Gasteiger partial charge in [0.25, 0.3) is 0 Å². The molecule has 5 heteroatoms. The van der Waals surface area contributed by atoms with Crippen LogP contribution in [0.1, 0.15) is 89.5 Å². The molecular formula is C56H49IrN3O-2. The minimum Gasteiger partial charge on any atom is -0.500 e. The van der Waals surface area contributed by atoms with Crippen LogP contribution in [-0.2, 0) is 30.9 Å². The molecule has 10 aromatic rings. The van der Waals surface area contributed by atoms with Gasteiger partial charge in [0.15, 0.2) is 0 Å². The average Bonchev–Trinajstić information content (AvgIpc) is 3.84. The van der Waals surface area contributed by atoms with E-state index in [1.165, 1.54) is 60.3 Å². The van der Waals surface area contributed by atoms with E-state index in [0.717, 1.165) is 44.8 Å². The Bertz CT molecular complexity index is 3250. The molecule has 0 amide bonds. The Balaban J connectivity index is 0.000000157. The maximum atomic E-state index is 6.44. The van der Waals surface area contributed by atoms with E-state index in [1.807, 2.05) is 36.5 Å². The smallest absolute Gasteiger partial charge is 0.121 e. The molecule has 1 radical (unpaired) electrons. The second-order valence-corrected chi connectivity index (χ2v) is 18.0. The number of para-hydroxylation sites is 3. The van der Waals surface area contributed by atoms with Gasteiger partial charge in [-0.2, -0.15) is 0 Å². The summed E-state index contributed by atoms with van der Waals surface area (Å²) in [6.45, 7) is 18.4. The Morgan fingerprint density at radius 1 is 0.639 bits per heavy atom. The Kier molecular flexibility index (Phi) is 10.1. The molecule has 61 heavy (non-hydrogen) atoms. The second-order valence-electron chi connectivity index (χ2n) is 18.0. The van der Waals surface area contributed by atoms with Crippen LogP contribution >= 0.6 is 0 Å². The van der Waals surface area contributed by atoms with Crippen molar-refractivity contribution in [1.29, 1.82) is 0 Å². The van der Waals surface area contributed by atoms with E-state index in [0.29, 0.717) is 11.8 Å². The van der Waals surface area contributed by atoms with Crippen molar-refractivity contribution in [1.82, 2.24) is 14.5 Å². The zero-order chi connectivity index (χ0) is 41.5. The van der Waals surface area contributed by atoms with Gasteiger partial charge in [-0.3, -0.25) is 4.98 Å². The molecule has 0 spiro atoms. The van der Waals surface area contributed by atoms with Gasteiger partial charge >= 0.3 is 0 Å². The number of hydrogen-bond acceptors (Lipinski definition) is 3. The van der Waals surface area contributed by atoms with Crippen LogP contribution in [0.4, 0.5) is 0 Å². The summed E-state index contributed by atoms with van der Waals surface area (Å²) in [5.41, 5.74) is 13.4. The molecule has 0 fully saturated rings. The third-order valence-corrected chi connectivity index (χ3v) is 13.4. The van der Waals surface area contributed by atoms with E-state index in [9.17, 15) is 0 Å². The molecule has 305 valence electrons. The van der Waals surface area contributed by atoms with E-state index >= 15 is 0 Å². The van der Waals surface area contributed by atoms with Crippen molar-refractivity contribution in [2.24, 2.45) is 0 Å². The number of fused-ring (bicyclic) bond motifs is 11. The largest absolute Gasteiger partial charge is 0.500 e. The van der Waals surface area contributed by atoms with Crippen LogP contribution < -0.4 is 0 Å². The molecule has 7 aromatic carbocycles. The quantitative estimate of drug-likeness (QED) is 0.130. The van der Waals surface area contributed by atoms with Crippen LogP contribution in [-0.4, -0.2) is 14.5 Å². The molecule has 3 heterocycles. The van der Waals surface area contributed by atoms with Crippen LogP contribution in [0, 0.1) is 12.1 Å². The number of imidazole rings is 1. The zero-order valence-electron chi connectivity index (χ0n) is 36.0. The summed E-state index contributed by atoms with van der Waals surface area (Å²) in [4.78, 5) is 9.83. The summed E-state index contributed by atoms with van der Waals surface area (Å²) in [5.74, 6) is 1.80. The van der Waals surface area contributed by atoms with Crippen LogP contribution in [0.3, 0.4) is 0 Å². The number of nitrogens with zero attached hydrogens (tertiary/aromatic N) is 3. The summed E-state index contributed by atoms with van der Waals surface area (Å²) in [6, 6.07) is 53.8. The van der Waals surface area contributed by atoms with Crippen LogP contribution in [0.5, 0.6) is 0 Å². The Morgan fingerprint density at radius 3 is 2.07 bits per heavy atom. The molecule has 3 aromatic heterocycles. The van der Waals surface area contributed by atoms with Crippen molar-refractivity contribution in [2.45, 2.75) is 78.1 Å². The molecule has 1 aliphatic rings. The van der Waals surface area contributed by atoms with Gasteiger partial charge < -0.3 is 14.0 Å². The summed E-state index contributed by atoms with van der Waals surface area (Å²) >= 11 is 0. The fraction of sp³-hybridized carbons (Fsp3) is 0.214. The number of furan rings is 1. The molecule has 0 atom stereocenters. The maximum Gasteiger partial charge on any atom is 0.121 e. The molecule has 0 aliphatic heterocycles. The van der Waals surface area contributed by atoms with E-state index in [1.54, 1.807) is 0 Å². The van der Waals surface area contributed by atoms with E-state index in [-0.39, 0.29) is 30.9 Å².